The van der Waals surface area contributed by atoms with E-state index >= 15 is 0 Å². The van der Waals surface area contributed by atoms with Crippen molar-refractivity contribution in [2.24, 2.45) is 11.7 Å². The summed E-state index contributed by atoms with van der Waals surface area (Å²) in [5.74, 6) is 0.950. The van der Waals surface area contributed by atoms with E-state index in [4.69, 9.17) is 5.73 Å². The van der Waals surface area contributed by atoms with Gasteiger partial charge in [-0.3, -0.25) is 0 Å². The van der Waals surface area contributed by atoms with Crippen molar-refractivity contribution in [2.75, 3.05) is 26.2 Å². The van der Waals surface area contributed by atoms with E-state index in [1.165, 1.54) is 71.1 Å². The molecule has 1 aliphatic heterocycles. The van der Waals surface area contributed by atoms with E-state index in [-0.39, 0.29) is 0 Å². The van der Waals surface area contributed by atoms with Gasteiger partial charge >= 0.3 is 0 Å². The maximum Gasteiger partial charge on any atom is 0.00682 e. The van der Waals surface area contributed by atoms with E-state index < -0.39 is 0 Å². The van der Waals surface area contributed by atoms with Crippen LogP contribution in [0.1, 0.15) is 51.9 Å². The molecular weight excluding hydrogens is 222 g/mol. The van der Waals surface area contributed by atoms with Crippen LogP contribution in [0.25, 0.3) is 0 Å². The van der Waals surface area contributed by atoms with Gasteiger partial charge in [0.1, 0.15) is 0 Å². The first-order chi connectivity index (χ1) is 8.74. The summed E-state index contributed by atoms with van der Waals surface area (Å²) in [5, 5.41) is 3.71. The third kappa shape index (κ3) is 4.87. The Labute approximate surface area is 112 Å². The first-order valence-electron chi connectivity index (χ1n) is 7.95. The summed E-state index contributed by atoms with van der Waals surface area (Å²) in [7, 11) is 0. The molecule has 1 saturated carbocycles. The predicted octanol–water partition coefficient (Wildman–Crippen LogP) is 1.97. The fourth-order valence-electron chi connectivity index (χ4n) is 3.22. The molecule has 0 aromatic carbocycles. The number of rotatable bonds is 5. The van der Waals surface area contributed by atoms with Crippen molar-refractivity contribution in [1.82, 2.24) is 10.2 Å². The van der Waals surface area contributed by atoms with Gasteiger partial charge in [-0.2, -0.15) is 0 Å². The second kappa shape index (κ2) is 7.46. The monoisotopic (exact) mass is 253 g/mol. The van der Waals surface area contributed by atoms with Crippen LogP contribution in [0.5, 0.6) is 0 Å². The fraction of sp³-hybridized carbons (Fsp3) is 1.00. The second-order valence-electron chi connectivity index (χ2n) is 6.44. The quantitative estimate of drug-likeness (QED) is 0.736. The van der Waals surface area contributed by atoms with Gasteiger partial charge < -0.3 is 16.0 Å². The van der Waals surface area contributed by atoms with Gasteiger partial charge in [0.15, 0.2) is 0 Å². The normalized spacial score (nSPS) is 31.7. The van der Waals surface area contributed by atoms with Gasteiger partial charge in [-0.25, -0.2) is 0 Å². The Hall–Kier alpha value is -0.120. The van der Waals surface area contributed by atoms with Crippen LogP contribution in [0.3, 0.4) is 0 Å². The van der Waals surface area contributed by atoms with Gasteiger partial charge in [0.05, 0.1) is 0 Å². The molecule has 106 valence electrons. The Morgan fingerprint density at radius 1 is 1.06 bits per heavy atom. The third-order valence-corrected chi connectivity index (χ3v) is 4.73. The largest absolute Gasteiger partial charge is 0.328 e. The number of hydrogen-bond donors (Lipinski definition) is 2. The average Bonchev–Trinajstić information content (AvgIpc) is 2.39. The highest BCUT2D eigenvalue weighted by atomic mass is 15.1. The summed E-state index contributed by atoms with van der Waals surface area (Å²) in [5.41, 5.74) is 5.93. The molecule has 1 saturated heterocycles. The zero-order chi connectivity index (χ0) is 12.8. The maximum absolute atomic E-state index is 5.93. The van der Waals surface area contributed by atoms with E-state index in [1.54, 1.807) is 0 Å². The summed E-state index contributed by atoms with van der Waals surface area (Å²) in [6.07, 6.45) is 9.08. The van der Waals surface area contributed by atoms with Crippen molar-refractivity contribution >= 4 is 0 Å². The lowest BCUT2D eigenvalue weighted by atomic mass is 9.92. The van der Waals surface area contributed by atoms with Gasteiger partial charge in [-0.05, 0) is 77.0 Å². The molecule has 18 heavy (non-hydrogen) atoms. The smallest absolute Gasteiger partial charge is 0.00682 e. The second-order valence-corrected chi connectivity index (χ2v) is 6.44. The molecule has 1 aliphatic carbocycles. The van der Waals surface area contributed by atoms with Crippen LogP contribution in [-0.4, -0.2) is 43.2 Å². The summed E-state index contributed by atoms with van der Waals surface area (Å²) in [6.45, 7) is 7.49. The van der Waals surface area contributed by atoms with E-state index in [0.717, 1.165) is 12.0 Å². The van der Waals surface area contributed by atoms with Crippen LogP contribution in [0.4, 0.5) is 0 Å². The number of nitrogens with zero attached hydrogens (tertiary/aromatic N) is 1. The van der Waals surface area contributed by atoms with Crippen LogP contribution in [0.2, 0.25) is 0 Å². The molecule has 0 unspecified atom stereocenters. The highest BCUT2D eigenvalue weighted by Crippen LogP contribution is 2.17. The van der Waals surface area contributed by atoms with E-state index in [1.807, 2.05) is 0 Å². The molecule has 0 bridgehead atoms. The molecule has 2 fully saturated rings. The summed E-state index contributed by atoms with van der Waals surface area (Å²) >= 11 is 0. The van der Waals surface area contributed by atoms with Gasteiger partial charge in [0.25, 0.3) is 0 Å². The standard InChI is InChI=1S/C15H31N3/c1-13-7-11-18(12-8-13)10-2-9-17-15-5-3-14(16)4-6-15/h13-15,17H,2-12,16H2,1H3. The zero-order valence-electron chi connectivity index (χ0n) is 12.0. The van der Waals surface area contributed by atoms with E-state index in [0.29, 0.717) is 6.04 Å². The highest BCUT2D eigenvalue weighted by Gasteiger charge is 2.18. The Kier molecular flexibility index (Phi) is 5.93. The van der Waals surface area contributed by atoms with Crippen molar-refractivity contribution in [3.63, 3.8) is 0 Å². The van der Waals surface area contributed by atoms with Crippen molar-refractivity contribution in [3.8, 4) is 0 Å². The highest BCUT2D eigenvalue weighted by molar-refractivity contribution is 4.78. The van der Waals surface area contributed by atoms with Crippen LogP contribution in [-0.2, 0) is 0 Å². The Morgan fingerprint density at radius 3 is 2.39 bits per heavy atom. The Bertz CT molecular complexity index is 192. The summed E-state index contributed by atoms with van der Waals surface area (Å²) in [6, 6.07) is 1.21. The number of likely N-dealkylation sites (tertiary alicyclic amines) is 1. The molecule has 0 amide bonds. The van der Waals surface area contributed by atoms with Gasteiger partial charge in [0.2, 0.25) is 0 Å². The molecule has 3 N–H and O–H groups in total. The molecule has 3 nitrogen and oxygen atoms in total. The topological polar surface area (TPSA) is 41.3 Å². The molecule has 2 aliphatic rings. The van der Waals surface area contributed by atoms with Crippen LogP contribution < -0.4 is 11.1 Å². The zero-order valence-corrected chi connectivity index (χ0v) is 12.0. The van der Waals surface area contributed by atoms with E-state index in [9.17, 15) is 0 Å². The first-order valence-corrected chi connectivity index (χ1v) is 7.95. The molecule has 0 aromatic heterocycles. The van der Waals surface area contributed by atoms with Crippen molar-refractivity contribution < 1.29 is 0 Å². The minimum atomic E-state index is 0.471. The Morgan fingerprint density at radius 2 is 1.72 bits per heavy atom. The van der Waals surface area contributed by atoms with Gasteiger partial charge in [-0.15, -0.1) is 0 Å². The minimum Gasteiger partial charge on any atom is -0.328 e. The SMILES string of the molecule is CC1CCN(CCCNC2CCC(N)CC2)CC1. The molecule has 2 rings (SSSR count). The molecular formula is C15H31N3. The lowest BCUT2D eigenvalue weighted by Crippen LogP contribution is -2.39. The van der Waals surface area contributed by atoms with Gasteiger partial charge in [0, 0.05) is 12.1 Å². The number of nitrogens with two attached hydrogens (primary N) is 1. The Balaban J connectivity index is 1.48. The number of nitrogens with one attached hydrogen (secondary N) is 1. The molecule has 0 spiro atoms. The van der Waals surface area contributed by atoms with Crippen LogP contribution >= 0.6 is 0 Å². The number of hydrogen-bond acceptors (Lipinski definition) is 3. The van der Waals surface area contributed by atoms with Crippen molar-refractivity contribution in [3.05, 3.63) is 0 Å². The molecule has 3 heteroatoms. The van der Waals surface area contributed by atoms with Crippen molar-refractivity contribution in [2.45, 2.75) is 64.0 Å². The number of piperidine rings is 1. The fourth-order valence-corrected chi connectivity index (χ4v) is 3.22. The predicted molar refractivity (Wildman–Crippen MR) is 77.7 cm³/mol. The lowest BCUT2D eigenvalue weighted by Gasteiger charge is -2.31. The average molecular weight is 253 g/mol. The van der Waals surface area contributed by atoms with Crippen LogP contribution in [0, 0.1) is 5.92 Å². The lowest BCUT2D eigenvalue weighted by molar-refractivity contribution is 0.189. The van der Waals surface area contributed by atoms with Gasteiger partial charge in [-0.1, -0.05) is 6.92 Å². The minimum absolute atomic E-state index is 0.471. The van der Waals surface area contributed by atoms with E-state index in [2.05, 4.69) is 17.1 Å². The third-order valence-electron chi connectivity index (χ3n) is 4.73. The summed E-state index contributed by atoms with van der Waals surface area (Å²) < 4.78 is 0. The molecule has 0 atom stereocenters. The summed E-state index contributed by atoms with van der Waals surface area (Å²) in [4.78, 5) is 2.64. The molecule has 0 radical (unpaired) electrons. The maximum atomic E-state index is 5.93. The molecule has 1 heterocycles. The first kappa shape index (κ1) is 14.3. The van der Waals surface area contributed by atoms with Crippen molar-refractivity contribution in [1.29, 1.82) is 0 Å². The molecule has 0 aromatic rings. The van der Waals surface area contributed by atoms with Crippen LogP contribution in [0.15, 0.2) is 0 Å².